The first-order chi connectivity index (χ1) is 16.2. The predicted octanol–water partition coefficient (Wildman–Crippen LogP) is 5.96. The number of nitrogens with one attached hydrogen (secondary N) is 1. The summed E-state index contributed by atoms with van der Waals surface area (Å²) in [7, 11) is -3.77. The van der Waals surface area contributed by atoms with Crippen LogP contribution in [0, 0.1) is 13.8 Å². The molecule has 4 rings (SSSR count). The maximum Gasteiger partial charge on any atom is 0.240 e. The van der Waals surface area contributed by atoms with Crippen LogP contribution in [-0.2, 0) is 22.3 Å². The van der Waals surface area contributed by atoms with Crippen LogP contribution in [0.4, 0.5) is 0 Å². The van der Waals surface area contributed by atoms with E-state index in [0.717, 1.165) is 16.8 Å². The lowest BCUT2D eigenvalue weighted by atomic mass is 10.2. The van der Waals surface area contributed by atoms with E-state index in [9.17, 15) is 8.42 Å². The van der Waals surface area contributed by atoms with Crippen LogP contribution < -0.4 is 4.72 Å². The van der Waals surface area contributed by atoms with Crippen molar-refractivity contribution in [1.82, 2.24) is 19.5 Å². The van der Waals surface area contributed by atoms with Gasteiger partial charge >= 0.3 is 0 Å². The van der Waals surface area contributed by atoms with Crippen molar-refractivity contribution < 1.29 is 8.42 Å². The van der Waals surface area contributed by atoms with Gasteiger partial charge in [0.15, 0.2) is 11.0 Å². The monoisotopic (exact) mass is 532 g/mol. The summed E-state index contributed by atoms with van der Waals surface area (Å²) in [6, 6.07) is 19.8. The van der Waals surface area contributed by atoms with Gasteiger partial charge in [-0.1, -0.05) is 70.9 Å². The molecule has 0 bridgehead atoms. The number of benzene rings is 3. The maximum absolute atomic E-state index is 12.8. The molecule has 3 aromatic carbocycles. The van der Waals surface area contributed by atoms with Crippen LogP contribution in [0.3, 0.4) is 0 Å². The first-order valence-corrected chi connectivity index (χ1v) is 13.6. The second-order valence-corrected chi connectivity index (χ2v) is 11.3. The number of thioether (sulfide) groups is 1. The van der Waals surface area contributed by atoms with Gasteiger partial charge in [-0.3, -0.25) is 4.57 Å². The molecular weight excluding hydrogens is 511 g/mol. The van der Waals surface area contributed by atoms with Gasteiger partial charge in [0, 0.05) is 15.8 Å². The molecule has 0 radical (unpaired) electrons. The van der Waals surface area contributed by atoms with Gasteiger partial charge in [-0.15, -0.1) is 10.2 Å². The standard InChI is InChI=1S/C24H22Cl2N4O2S2/c1-16-4-3-5-18(12-16)15-33-24-29-28-23(30(24)22-13-20(26)7-6-17(22)2)14-27-34(31,32)21-10-8-19(25)9-11-21/h3-13,27H,14-15H2,1-2H3. The fourth-order valence-corrected chi connectivity index (χ4v) is 5.56. The van der Waals surface area contributed by atoms with Crippen molar-refractivity contribution in [3.05, 3.63) is 99.3 Å². The van der Waals surface area contributed by atoms with E-state index < -0.39 is 10.0 Å². The lowest BCUT2D eigenvalue weighted by molar-refractivity contribution is 0.578. The molecule has 0 aliphatic heterocycles. The summed E-state index contributed by atoms with van der Waals surface area (Å²) in [5.74, 6) is 1.14. The van der Waals surface area contributed by atoms with E-state index in [1.807, 2.05) is 35.8 Å². The number of halogens is 2. The van der Waals surface area contributed by atoms with Crippen LogP contribution in [0.25, 0.3) is 5.69 Å². The summed E-state index contributed by atoms with van der Waals surface area (Å²) in [5.41, 5.74) is 4.10. The molecule has 0 fully saturated rings. The quantitative estimate of drug-likeness (QED) is 0.283. The fraction of sp³-hybridized carbons (Fsp3) is 0.167. The van der Waals surface area contributed by atoms with Crippen LogP contribution in [0.2, 0.25) is 10.0 Å². The molecule has 4 aromatic rings. The van der Waals surface area contributed by atoms with E-state index >= 15 is 0 Å². The fourth-order valence-electron chi connectivity index (χ4n) is 3.38. The van der Waals surface area contributed by atoms with Gasteiger partial charge < -0.3 is 0 Å². The van der Waals surface area contributed by atoms with E-state index in [2.05, 4.69) is 40.0 Å². The molecular formula is C24H22Cl2N4O2S2. The van der Waals surface area contributed by atoms with Crippen molar-refractivity contribution in [3.8, 4) is 5.69 Å². The molecule has 176 valence electrons. The van der Waals surface area contributed by atoms with Crippen molar-refractivity contribution in [2.45, 2.75) is 36.2 Å². The highest BCUT2D eigenvalue weighted by molar-refractivity contribution is 7.98. The molecule has 6 nitrogen and oxygen atoms in total. The minimum atomic E-state index is -3.77. The number of nitrogens with zero attached hydrogens (tertiary/aromatic N) is 3. The van der Waals surface area contributed by atoms with Gasteiger partial charge in [-0.05, 0) is 61.4 Å². The van der Waals surface area contributed by atoms with Gasteiger partial charge in [-0.2, -0.15) is 0 Å². The Morgan fingerprint density at radius 1 is 0.941 bits per heavy atom. The Balaban J connectivity index is 1.65. The second kappa shape index (κ2) is 10.5. The average molecular weight is 534 g/mol. The van der Waals surface area contributed by atoms with Crippen LogP contribution in [-0.4, -0.2) is 23.2 Å². The lowest BCUT2D eigenvalue weighted by Gasteiger charge is -2.14. The van der Waals surface area contributed by atoms with Gasteiger partial charge in [0.2, 0.25) is 10.0 Å². The van der Waals surface area contributed by atoms with E-state index in [4.69, 9.17) is 23.2 Å². The molecule has 0 amide bonds. The van der Waals surface area contributed by atoms with Gasteiger partial charge in [0.1, 0.15) is 0 Å². The second-order valence-electron chi connectivity index (χ2n) is 7.72. The van der Waals surface area contributed by atoms with E-state index in [0.29, 0.717) is 26.8 Å². The lowest BCUT2D eigenvalue weighted by Crippen LogP contribution is -2.25. The Morgan fingerprint density at radius 2 is 1.68 bits per heavy atom. The summed E-state index contributed by atoms with van der Waals surface area (Å²) in [5, 5.41) is 10.3. The van der Waals surface area contributed by atoms with Crippen molar-refractivity contribution in [2.75, 3.05) is 0 Å². The Labute approximate surface area is 213 Å². The largest absolute Gasteiger partial charge is 0.273 e. The minimum Gasteiger partial charge on any atom is -0.273 e. The number of rotatable bonds is 8. The van der Waals surface area contributed by atoms with E-state index in [-0.39, 0.29) is 11.4 Å². The molecule has 0 saturated carbocycles. The molecule has 0 atom stereocenters. The Hall–Kier alpha value is -2.36. The van der Waals surface area contributed by atoms with E-state index in [1.165, 1.54) is 41.6 Å². The first kappa shape index (κ1) is 24.8. The normalized spacial score (nSPS) is 11.6. The minimum absolute atomic E-state index is 0.0467. The highest BCUT2D eigenvalue weighted by Crippen LogP contribution is 2.29. The molecule has 10 heteroatoms. The van der Waals surface area contributed by atoms with Crippen molar-refractivity contribution >= 4 is 45.0 Å². The molecule has 0 spiro atoms. The number of hydrogen-bond acceptors (Lipinski definition) is 5. The third-order valence-electron chi connectivity index (χ3n) is 5.11. The third-order valence-corrected chi connectivity index (χ3v) is 8.01. The molecule has 0 unspecified atom stereocenters. The first-order valence-electron chi connectivity index (χ1n) is 10.4. The summed E-state index contributed by atoms with van der Waals surface area (Å²) in [6.07, 6.45) is 0. The molecule has 0 saturated heterocycles. The predicted molar refractivity (Wildman–Crippen MR) is 137 cm³/mol. The van der Waals surface area contributed by atoms with Gasteiger partial charge in [0.05, 0.1) is 17.1 Å². The number of hydrogen-bond donors (Lipinski definition) is 1. The highest BCUT2D eigenvalue weighted by atomic mass is 35.5. The molecule has 0 aliphatic carbocycles. The zero-order chi connectivity index (χ0) is 24.3. The smallest absolute Gasteiger partial charge is 0.240 e. The molecule has 1 aromatic heterocycles. The summed E-state index contributed by atoms with van der Waals surface area (Å²) in [4.78, 5) is 0.121. The zero-order valence-corrected chi connectivity index (χ0v) is 21.6. The SMILES string of the molecule is Cc1cccc(CSc2nnc(CNS(=O)(=O)c3ccc(Cl)cc3)n2-c2cc(Cl)ccc2C)c1. The Morgan fingerprint density at radius 3 is 2.41 bits per heavy atom. The highest BCUT2D eigenvalue weighted by Gasteiger charge is 2.20. The topological polar surface area (TPSA) is 76.9 Å². The number of aryl methyl sites for hydroxylation is 2. The van der Waals surface area contributed by atoms with Crippen LogP contribution >= 0.6 is 35.0 Å². The molecule has 1 heterocycles. The van der Waals surface area contributed by atoms with Crippen molar-refractivity contribution in [3.63, 3.8) is 0 Å². The van der Waals surface area contributed by atoms with Gasteiger partial charge in [0.25, 0.3) is 0 Å². The molecule has 1 N–H and O–H groups in total. The average Bonchev–Trinajstić information content (AvgIpc) is 3.21. The number of sulfonamides is 1. The summed E-state index contributed by atoms with van der Waals surface area (Å²) >= 11 is 13.7. The van der Waals surface area contributed by atoms with Crippen LogP contribution in [0.1, 0.15) is 22.5 Å². The third kappa shape index (κ3) is 5.82. The molecule has 34 heavy (non-hydrogen) atoms. The van der Waals surface area contributed by atoms with Crippen LogP contribution in [0.5, 0.6) is 0 Å². The van der Waals surface area contributed by atoms with Crippen molar-refractivity contribution in [2.24, 2.45) is 0 Å². The molecule has 0 aliphatic rings. The number of aromatic nitrogens is 3. The Kier molecular flexibility index (Phi) is 7.64. The summed E-state index contributed by atoms with van der Waals surface area (Å²) < 4.78 is 30.1. The Bertz CT molecular complexity index is 1420. The van der Waals surface area contributed by atoms with E-state index in [1.54, 1.807) is 0 Å². The maximum atomic E-state index is 12.8. The zero-order valence-electron chi connectivity index (χ0n) is 18.5. The van der Waals surface area contributed by atoms with Gasteiger partial charge in [-0.25, -0.2) is 13.1 Å². The summed E-state index contributed by atoms with van der Waals surface area (Å²) in [6.45, 7) is 3.97. The van der Waals surface area contributed by atoms with Crippen LogP contribution in [0.15, 0.2) is 76.8 Å². The van der Waals surface area contributed by atoms with Crippen molar-refractivity contribution in [1.29, 1.82) is 0 Å².